The Bertz CT molecular complexity index is 451. The fourth-order valence-electron chi connectivity index (χ4n) is 1.40. The van der Waals surface area contributed by atoms with Crippen LogP contribution < -0.4 is 5.32 Å². The lowest BCUT2D eigenvalue weighted by molar-refractivity contribution is 1.07. The maximum atomic E-state index is 4.16. The standard InChI is InChI=1S/C11H12BrN3/c1-2-13-11-7-10(14-15-11)8-4-3-5-9(12)6-8/h3-7H,2H2,1H3,(H2,13,14,15). The third-order valence-corrected chi connectivity index (χ3v) is 2.56. The van der Waals surface area contributed by atoms with Gasteiger partial charge in [-0.1, -0.05) is 28.1 Å². The highest BCUT2D eigenvalue weighted by Gasteiger charge is 2.02. The van der Waals surface area contributed by atoms with Crippen molar-refractivity contribution in [3.05, 3.63) is 34.8 Å². The van der Waals surface area contributed by atoms with E-state index in [1.54, 1.807) is 0 Å². The van der Waals surface area contributed by atoms with Crippen molar-refractivity contribution in [3.63, 3.8) is 0 Å². The lowest BCUT2D eigenvalue weighted by Gasteiger charge is -1.97. The third kappa shape index (κ3) is 2.39. The fourth-order valence-corrected chi connectivity index (χ4v) is 1.80. The Balaban J connectivity index is 2.29. The van der Waals surface area contributed by atoms with Gasteiger partial charge < -0.3 is 5.32 Å². The van der Waals surface area contributed by atoms with E-state index < -0.39 is 0 Å². The SMILES string of the molecule is CCNc1cc(-c2cccc(Br)c2)[nH]n1. The molecule has 0 atom stereocenters. The monoisotopic (exact) mass is 265 g/mol. The first-order valence-electron chi connectivity index (χ1n) is 4.85. The number of nitrogens with zero attached hydrogens (tertiary/aromatic N) is 1. The molecule has 0 aliphatic carbocycles. The lowest BCUT2D eigenvalue weighted by atomic mass is 10.1. The number of halogens is 1. The number of rotatable bonds is 3. The Morgan fingerprint density at radius 3 is 3.00 bits per heavy atom. The molecule has 1 heterocycles. The quantitative estimate of drug-likeness (QED) is 0.895. The first kappa shape index (κ1) is 10.2. The molecule has 0 spiro atoms. The van der Waals surface area contributed by atoms with Crippen LogP contribution in [-0.4, -0.2) is 16.7 Å². The van der Waals surface area contributed by atoms with E-state index in [0.717, 1.165) is 28.1 Å². The number of anilines is 1. The minimum atomic E-state index is 0.878. The molecule has 0 aliphatic heterocycles. The Hall–Kier alpha value is -1.29. The molecule has 4 heteroatoms. The van der Waals surface area contributed by atoms with Crippen molar-refractivity contribution < 1.29 is 0 Å². The number of benzene rings is 1. The fraction of sp³-hybridized carbons (Fsp3) is 0.182. The summed E-state index contributed by atoms with van der Waals surface area (Å²) < 4.78 is 1.07. The summed E-state index contributed by atoms with van der Waals surface area (Å²) >= 11 is 3.45. The van der Waals surface area contributed by atoms with Crippen molar-refractivity contribution in [2.24, 2.45) is 0 Å². The molecule has 0 saturated carbocycles. The van der Waals surface area contributed by atoms with Crippen LogP contribution >= 0.6 is 15.9 Å². The zero-order valence-corrected chi connectivity index (χ0v) is 10.0. The Morgan fingerprint density at radius 1 is 1.40 bits per heavy atom. The number of aromatic nitrogens is 2. The molecule has 2 N–H and O–H groups in total. The topological polar surface area (TPSA) is 40.7 Å². The van der Waals surface area contributed by atoms with Crippen LogP contribution in [0.15, 0.2) is 34.8 Å². The summed E-state index contributed by atoms with van der Waals surface area (Å²) in [4.78, 5) is 0. The van der Waals surface area contributed by atoms with Crippen LogP contribution in [0, 0.1) is 0 Å². The van der Waals surface area contributed by atoms with Gasteiger partial charge in [-0.3, -0.25) is 5.10 Å². The Kier molecular flexibility index (Phi) is 3.06. The molecule has 0 fully saturated rings. The van der Waals surface area contributed by atoms with Crippen LogP contribution in [0.4, 0.5) is 5.82 Å². The van der Waals surface area contributed by atoms with Crippen molar-refractivity contribution in [1.82, 2.24) is 10.2 Å². The second-order valence-corrected chi connectivity index (χ2v) is 4.12. The highest BCUT2D eigenvalue weighted by Crippen LogP contribution is 2.22. The third-order valence-electron chi connectivity index (χ3n) is 2.07. The molecule has 0 amide bonds. The molecular formula is C11H12BrN3. The summed E-state index contributed by atoms with van der Waals surface area (Å²) in [6.45, 7) is 2.93. The lowest BCUT2D eigenvalue weighted by Crippen LogP contribution is -1.95. The van der Waals surface area contributed by atoms with Gasteiger partial charge in [0.25, 0.3) is 0 Å². The summed E-state index contributed by atoms with van der Waals surface area (Å²) in [6, 6.07) is 10.1. The van der Waals surface area contributed by atoms with E-state index in [1.807, 2.05) is 31.2 Å². The van der Waals surface area contributed by atoms with E-state index >= 15 is 0 Å². The molecule has 15 heavy (non-hydrogen) atoms. The second kappa shape index (κ2) is 4.49. The van der Waals surface area contributed by atoms with Crippen molar-refractivity contribution in [3.8, 4) is 11.3 Å². The van der Waals surface area contributed by atoms with E-state index in [1.165, 1.54) is 0 Å². The van der Waals surface area contributed by atoms with E-state index in [4.69, 9.17) is 0 Å². The summed E-state index contributed by atoms with van der Waals surface area (Å²) in [6.07, 6.45) is 0. The maximum Gasteiger partial charge on any atom is 0.148 e. The van der Waals surface area contributed by atoms with E-state index in [-0.39, 0.29) is 0 Å². The average Bonchev–Trinajstić information content (AvgIpc) is 2.67. The van der Waals surface area contributed by atoms with Crippen LogP contribution in [0.3, 0.4) is 0 Å². The molecule has 2 rings (SSSR count). The number of hydrogen-bond donors (Lipinski definition) is 2. The Labute approximate surface area is 97.0 Å². The molecule has 0 saturated heterocycles. The first-order chi connectivity index (χ1) is 7.29. The van der Waals surface area contributed by atoms with Crippen molar-refractivity contribution >= 4 is 21.7 Å². The highest BCUT2D eigenvalue weighted by molar-refractivity contribution is 9.10. The summed E-state index contributed by atoms with van der Waals surface area (Å²) in [5.41, 5.74) is 2.15. The molecule has 1 aromatic carbocycles. The minimum absolute atomic E-state index is 0.878. The van der Waals surface area contributed by atoms with Gasteiger partial charge in [-0.05, 0) is 19.1 Å². The summed E-state index contributed by atoms with van der Waals surface area (Å²) in [5.74, 6) is 0.882. The van der Waals surface area contributed by atoms with Crippen LogP contribution in [0.1, 0.15) is 6.92 Å². The van der Waals surface area contributed by atoms with Crippen molar-refractivity contribution in [2.75, 3.05) is 11.9 Å². The van der Waals surface area contributed by atoms with Gasteiger partial charge in [0, 0.05) is 22.6 Å². The van der Waals surface area contributed by atoms with Crippen LogP contribution in [0.5, 0.6) is 0 Å². The molecule has 0 bridgehead atoms. The zero-order valence-electron chi connectivity index (χ0n) is 8.42. The number of hydrogen-bond acceptors (Lipinski definition) is 2. The number of nitrogens with one attached hydrogen (secondary N) is 2. The molecule has 0 aliphatic rings. The summed E-state index contributed by atoms with van der Waals surface area (Å²) in [5, 5.41) is 10.3. The van der Waals surface area contributed by atoms with E-state index in [9.17, 15) is 0 Å². The largest absolute Gasteiger partial charge is 0.369 e. The Morgan fingerprint density at radius 2 is 2.27 bits per heavy atom. The predicted molar refractivity (Wildman–Crippen MR) is 65.9 cm³/mol. The van der Waals surface area contributed by atoms with Crippen molar-refractivity contribution in [2.45, 2.75) is 6.92 Å². The maximum absolute atomic E-state index is 4.16. The first-order valence-corrected chi connectivity index (χ1v) is 5.64. The molecular weight excluding hydrogens is 254 g/mol. The average molecular weight is 266 g/mol. The van der Waals surface area contributed by atoms with Gasteiger partial charge in [-0.15, -0.1) is 0 Å². The molecule has 0 radical (unpaired) electrons. The molecule has 1 aromatic heterocycles. The van der Waals surface area contributed by atoms with Crippen LogP contribution in [-0.2, 0) is 0 Å². The molecule has 0 unspecified atom stereocenters. The smallest absolute Gasteiger partial charge is 0.148 e. The van der Waals surface area contributed by atoms with Crippen LogP contribution in [0.25, 0.3) is 11.3 Å². The summed E-state index contributed by atoms with van der Waals surface area (Å²) in [7, 11) is 0. The van der Waals surface area contributed by atoms with E-state index in [2.05, 4.69) is 37.5 Å². The van der Waals surface area contributed by atoms with Gasteiger partial charge in [0.2, 0.25) is 0 Å². The molecule has 3 nitrogen and oxygen atoms in total. The van der Waals surface area contributed by atoms with Crippen molar-refractivity contribution in [1.29, 1.82) is 0 Å². The zero-order chi connectivity index (χ0) is 10.7. The number of aromatic amines is 1. The highest BCUT2D eigenvalue weighted by atomic mass is 79.9. The van der Waals surface area contributed by atoms with Gasteiger partial charge in [0.05, 0.1) is 5.69 Å². The van der Waals surface area contributed by atoms with Gasteiger partial charge in [-0.2, -0.15) is 5.10 Å². The minimum Gasteiger partial charge on any atom is -0.369 e. The van der Waals surface area contributed by atoms with Crippen LogP contribution in [0.2, 0.25) is 0 Å². The second-order valence-electron chi connectivity index (χ2n) is 3.21. The normalized spacial score (nSPS) is 10.3. The van der Waals surface area contributed by atoms with E-state index in [0.29, 0.717) is 0 Å². The molecule has 2 aromatic rings. The van der Waals surface area contributed by atoms with Gasteiger partial charge in [0.15, 0.2) is 0 Å². The number of H-pyrrole nitrogens is 1. The molecule has 78 valence electrons. The van der Waals surface area contributed by atoms with Gasteiger partial charge >= 0.3 is 0 Å². The predicted octanol–water partition coefficient (Wildman–Crippen LogP) is 3.27. The van der Waals surface area contributed by atoms with Gasteiger partial charge in [0.1, 0.15) is 5.82 Å². The van der Waals surface area contributed by atoms with Gasteiger partial charge in [-0.25, -0.2) is 0 Å².